The van der Waals surface area contributed by atoms with E-state index in [0.717, 1.165) is 26.5 Å². The summed E-state index contributed by atoms with van der Waals surface area (Å²) in [6.45, 7) is 2.11. The Bertz CT molecular complexity index is 708. The van der Waals surface area contributed by atoms with Crippen molar-refractivity contribution in [3.63, 3.8) is 0 Å². The van der Waals surface area contributed by atoms with Gasteiger partial charge in [-0.15, -0.1) is 0 Å². The minimum atomic E-state index is 0.151. The fourth-order valence-electron chi connectivity index (χ4n) is 2.09. The number of fused-ring (bicyclic) bond motifs is 1. The molecule has 0 aliphatic rings. The van der Waals surface area contributed by atoms with Gasteiger partial charge in [0.25, 0.3) is 0 Å². The number of nitrogens with zero attached hydrogens (tertiary/aromatic N) is 1. The van der Waals surface area contributed by atoms with E-state index in [1.807, 2.05) is 42.5 Å². The van der Waals surface area contributed by atoms with Gasteiger partial charge >= 0.3 is 0 Å². The lowest BCUT2D eigenvalue weighted by Gasteiger charge is -2.15. The molecule has 2 nitrogen and oxygen atoms in total. The minimum absolute atomic E-state index is 0.151. The summed E-state index contributed by atoms with van der Waals surface area (Å²) in [6, 6.07) is 16.2. The second-order valence-corrected chi connectivity index (χ2v) is 5.60. The van der Waals surface area contributed by atoms with Crippen LogP contribution in [0, 0.1) is 0 Å². The third-order valence-electron chi connectivity index (χ3n) is 3.10. The van der Waals surface area contributed by atoms with Crippen LogP contribution in [0.2, 0.25) is 5.02 Å². The van der Waals surface area contributed by atoms with Crippen molar-refractivity contribution >= 4 is 39.0 Å². The van der Waals surface area contributed by atoms with Gasteiger partial charge in [-0.2, -0.15) is 4.37 Å². The van der Waals surface area contributed by atoms with Crippen LogP contribution in [-0.2, 0) is 0 Å². The third-order valence-corrected chi connectivity index (χ3v) is 4.26. The molecule has 19 heavy (non-hydrogen) atoms. The van der Waals surface area contributed by atoms with E-state index in [4.69, 9.17) is 11.6 Å². The van der Waals surface area contributed by atoms with E-state index in [0.29, 0.717) is 0 Å². The predicted octanol–water partition coefficient (Wildman–Crippen LogP) is 5.12. The molecule has 0 radical (unpaired) electrons. The topological polar surface area (TPSA) is 24.9 Å². The number of nitrogens with one attached hydrogen (secondary N) is 1. The van der Waals surface area contributed by atoms with Gasteiger partial charge in [0, 0.05) is 10.4 Å². The SMILES string of the molecule is CC(Nc1snc2ccccc12)c1ccccc1Cl. The summed E-state index contributed by atoms with van der Waals surface area (Å²) >= 11 is 7.71. The molecule has 1 atom stereocenters. The van der Waals surface area contributed by atoms with Gasteiger partial charge in [-0.1, -0.05) is 41.9 Å². The maximum absolute atomic E-state index is 6.23. The second-order valence-electron chi connectivity index (χ2n) is 4.42. The van der Waals surface area contributed by atoms with Crippen molar-refractivity contribution in [1.82, 2.24) is 4.37 Å². The molecule has 0 saturated carbocycles. The zero-order chi connectivity index (χ0) is 13.2. The van der Waals surface area contributed by atoms with Crippen LogP contribution < -0.4 is 5.32 Å². The van der Waals surface area contributed by atoms with Crippen LogP contribution in [0.25, 0.3) is 10.9 Å². The Morgan fingerprint density at radius 1 is 1.11 bits per heavy atom. The molecule has 4 heteroatoms. The molecular formula is C15H13ClN2S. The van der Waals surface area contributed by atoms with Gasteiger partial charge in [0.1, 0.15) is 5.00 Å². The molecule has 3 rings (SSSR count). The average Bonchev–Trinajstić information content (AvgIpc) is 2.83. The molecule has 3 aromatic rings. The van der Waals surface area contributed by atoms with E-state index in [-0.39, 0.29) is 6.04 Å². The fraction of sp³-hybridized carbons (Fsp3) is 0.133. The highest BCUT2D eigenvalue weighted by Crippen LogP contribution is 2.32. The molecule has 1 unspecified atom stereocenters. The number of aromatic nitrogens is 1. The van der Waals surface area contributed by atoms with E-state index >= 15 is 0 Å². The van der Waals surface area contributed by atoms with Gasteiger partial charge in [0.15, 0.2) is 0 Å². The first-order valence-electron chi connectivity index (χ1n) is 6.11. The number of benzene rings is 2. The number of rotatable bonds is 3. The molecule has 0 amide bonds. The molecule has 0 fully saturated rings. The maximum Gasteiger partial charge on any atom is 0.117 e. The van der Waals surface area contributed by atoms with Crippen molar-refractivity contribution < 1.29 is 0 Å². The highest BCUT2D eigenvalue weighted by atomic mass is 35.5. The third kappa shape index (κ3) is 2.44. The van der Waals surface area contributed by atoms with Crippen LogP contribution in [0.4, 0.5) is 5.00 Å². The second kappa shape index (κ2) is 5.19. The van der Waals surface area contributed by atoms with Crippen LogP contribution in [-0.4, -0.2) is 4.37 Å². The highest BCUT2D eigenvalue weighted by Gasteiger charge is 2.12. The Hall–Kier alpha value is -1.58. The number of hydrogen-bond donors (Lipinski definition) is 1. The van der Waals surface area contributed by atoms with Crippen molar-refractivity contribution in [2.24, 2.45) is 0 Å². The summed E-state index contributed by atoms with van der Waals surface area (Å²) in [5.41, 5.74) is 2.13. The molecule has 2 aromatic carbocycles. The summed E-state index contributed by atoms with van der Waals surface area (Å²) in [7, 11) is 0. The lowest BCUT2D eigenvalue weighted by Crippen LogP contribution is -2.06. The fourth-order valence-corrected chi connectivity index (χ4v) is 3.24. The largest absolute Gasteiger partial charge is 0.369 e. The molecule has 1 heterocycles. The Morgan fingerprint density at radius 3 is 2.68 bits per heavy atom. The Kier molecular flexibility index (Phi) is 3.40. The number of hydrogen-bond acceptors (Lipinski definition) is 3. The molecule has 1 N–H and O–H groups in total. The molecule has 0 bridgehead atoms. The van der Waals surface area contributed by atoms with E-state index in [9.17, 15) is 0 Å². The molecule has 0 spiro atoms. The van der Waals surface area contributed by atoms with E-state index < -0.39 is 0 Å². The van der Waals surface area contributed by atoms with E-state index in [2.05, 4.69) is 22.7 Å². The van der Waals surface area contributed by atoms with Gasteiger partial charge in [-0.05, 0) is 42.2 Å². The van der Waals surface area contributed by atoms with E-state index in [1.54, 1.807) is 0 Å². The zero-order valence-electron chi connectivity index (χ0n) is 10.4. The summed E-state index contributed by atoms with van der Waals surface area (Å²) < 4.78 is 4.43. The molecule has 0 aliphatic carbocycles. The molecule has 96 valence electrons. The van der Waals surface area contributed by atoms with Crippen molar-refractivity contribution in [2.75, 3.05) is 5.32 Å². The lowest BCUT2D eigenvalue weighted by atomic mass is 10.1. The minimum Gasteiger partial charge on any atom is -0.369 e. The lowest BCUT2D eigenvalue weighted by molar-refractivity contribution is 0.891. The molecule has 0 aliphatic heterocycles. The molecular weight excluding hydrogens is 276 g/mol. The van der Waals surface area contributed by atoms with Crippen LogP contribution in [0.15, 0.2) is 48.5 Å². The molecule has 1 aromatic heterocycles. The summed E-state index contributed by atoms with van der Waals surface area (Å²) in [5.74, 6) is 0. The van der Waals surface area contributed by atoms with Gasteiger partial charge in [0.05, 0.1) is 11.6 Å². The number of halogens is 1. The van der Waals surface area contributed by atoms with Crippen LogP contribution >= 0.6 is 23.1 Å². The Balaban J connectivity index is 1.91. The first kappa shape index (κ1) is 12.5. The van der Waals surface area contributed by atoms with Crippen molar-refractivity contribution in [2.45, 2.75) is 13.0 Å². The Labute approximate surface area is 121 Å². The normalized spacial score (nSPS) is 12.5. The smallest absolute Gasteiger partial charge is 0.117 e. The predicted molar refractivity (Wildman–Crippen MR) is 83.1 cm³/mol. The first-order valence-corrected chi connectivity index (χ1v) is 7.26. The average molecular weight is 289 g/mol. The standard InChI is InChI=1S/C15H13ClN2S/c1-10(11-6-2-4-8-13(11)16)17-15-12-7-3-5-9-14(12)18-19-15/h2-10,17H,1H3. The van der Waals surface area contributed by atoms with Crippen LogP contribution in [0.3, 0.4) is 0 Å². The quantitative estimate of drug-likeness (QED) is 0.723. The van der Waals surface area contributed by atoms with Gasteiger partial charge in [-0.25, -0.2) is 0 Å². The zero-order valence-corrected chi connectivity index (χ0v) is 12.0. The summed E-state index contributed by atoms with van der Waals surface area (Å²) in [6.07, 6.45) is 0. The van der Waals surface area contributed by atoms with Crippen molar-refractivity contribution in [3.8, 4) is 0 Å². The molecule has 0 saturated heterocycles. The maximum atomic E-state index is 6.23. The van der Waals surface area contributed by atoms with Gasteiger partial charge < -0.3 is 5.32 Å². The van der Waals surface area contributed by atoms with Crippen molar-refractivity contribution in [1.29, 1.82) is 0 Å². The van der Waals surface area contributed by atoms with Crippen molar-refractivity contribution in [3.05, 3.63) is 59.1 Å². The summed E-state index contributed by atoms with van der Waals surface area (Å²) in [5, 5.41) is 6.53. The summed E-state index contributed by atoms with van der Waals surface area (Å²) in [4.78, 5) is 0. The van der Waals surface area contributed by atoms with E-state index in [1.165, 1.54) is 11.5 Å². The monoisotopic (exact) mass is 288 g/mol. The van der Waals surface area contributed by atoms with Crippen LogP contribution in [0.5, 0.6) is 0 Å². The van der Waals surface area contributed by atoms with Crippen LogP contribution in [0.1, 0.15) is 18.5 Å². The Morgan fingerprint density at radius 2 is 1.84 bits per heavy atom. The van der Waals surface area contributed by atoms with Gasteiger partial charge in [0.2, 0.25) is 0 Å². The number of anilines is 1. The van der Waals surface area contributed by atoms with Gasteiger partial charge in [-0.3, -0.25) is 0 Å². The first-order chi connectivity index (χ1) is 9.25. The highest BCUT2D eigenvalue weighted by molar-refractivity contribution is 7.11.